The van der Waals surface area contributed by atoms with Crippen LogP contribution in [0.1, 0.15) is 30.0 Å². The fourth-order valence-electron chi connectivity index (χ4n) is 3.72. The SMILES string of the molecule is CC1CN(C(=O)Cc2coc3cc4c(cc23)CCC4)CCN1.Cl. The molecule has 0 saturated carbocycles. The van der Waals surface area contributed by atoms with Crippen molar-refractivity contribution < 1.29 is 9.21 Å². The van der Waals surface area contributed by atoms with E-state index in [2.05, 4.69) is 24.4 Å². The van der Waals surface area contributed by atoms with E-state index < -0.39 is 0 Å². The van der Waals surface area contributed by atoms with Gasteiger partial charge < -0.3 is 14.6 Å². The lowest BCUT2D eigenvalue weighted by Crippen LogP contribution is -2.51. The smallest absolute Gasteiger partial charge is 0.227 e. The van der Waals surface area contributed by atoms with Crippen LogP contribution in [0.3, 0.4) is 0 Å². The van der Waals surface area contributed by atoms with E-state index in [-0.39, 0.29) is 18.3 Å². The van der Waals surface area contributed by atoms with Crippen LogP contribution in [-0.4, -0.2) is 36.5 Å². The van der Waals surface area contributed by atoms with Crippen LogP contribution in [0, 0.1) is 0 Å². The Bertz CT molecular complexity index is 725. The number of aryl methyl sites for hydroxylation is 2. The molecule has 1 unspecified atom stereocenters. The summed E-state index contributed by atoms with van der Waals surface area (Å²) in [5.41, 5.74) is 4.80. The van der Waals surface area contributed by atoms with Crippen molar-refractivity contribution in [2.75, 3.05) is 19.6 Å². The average Bonchev–Trinajstić information content (AvgIpc) is 3.12. The molecular weight excluding hydrogens is 312 g/mol. The van der Waals surface area contributed by atoms with Crippen LogP contribution >= 0.6 is 12.4 Å². The van der Waals surface area contributed by atoms with Crippen molar-refractivity contribution in [3.63, 3.8) is 0 Å². The summed E-state index contributed by atoms with van der Waals surface area (Å²) in [6.45, 7) is 4.60. The summed E-state index contributed by atoms with van der Waals surface area (Å²) in [7, 11) is 0. The van der Waals surface area contributed by atoms with Crippen molar-refractivity contribution in [2.24, 2.45) is 0 Å². The molecule has 0 bridgehead atoms. The maximum absolute atomic E-state index is 12.5. The van der Waals surface area contributed by atoms with Gasteiger partial charge in [0.05, 0.1) is 12.7 Å². The van der Waals surface area contributed by atoms with Crippen molar-refractivity contribution >= 4 is 29.3 Å². The summed E-state index contributed by atoms with van der Waals surface area (Å²) in [6, 6.07) is 4.78. The summed E-state index contributed by atoms with van der Waals surface area (Å²) in [6.07, 6.45) is 5.74. The molecule has 4 rings (SSSR count). The van der Waals surface area contributed by atoms with Gasteiger partial charge in [-0.05, 0) is 49.4 Å². The molecule has 2 aliphatic rings. The number of rotatable bonds is 2. The van der Waals surface area contributed by atoms with Gasteiger partial charge >= 0.3 is 0 Å². The van der Waals surface area contributed by atoms with E-state index >= 15 is 0 Å². The normalized spacial score (nSPS) is 20.4. The van der Waals surface area contributed by atoms with Gasteiger partial charge in [-0.15, -0.1) is 12.4 Å². The van der Waals surface area contributed by atoms with Crippen LogP contribution in [0.25, 0.3) is 11.0 Å². The first-order chi connectivity index (χ1) is 10.7. The largest absolute Gasteiger partial charge is 0.464 e. The highest BCUT2D eigenvalue weighted by molar-refractivity contribution is 5.88. The lowest BCUT2D eigenvalue weighted by atomic mass is 10.0. The van der Waals surface area contributed by atoms with Crippen molar-refractivity contribution in [1.82, 2.24) is 10.2 Å². The van der Waals surface area contributed by atoms with Crippen LogP contribution in [0.2, 0.25) is 0 Å². The summed E-state index contributed by atoms with van der Waals surface area (Å²) in [5.74, 6) is 0.205. The second kappa shape index (κ2) is 6.54. The number of amides is 1. The molecule has 1 aliphatic carbocycles. The molecule has 1 aromatic heterocycles. The molecule has 124 valence electrons. The minimum Gasteiger partial charge on any atom is -0.464 e. The topological polar surface area (TPSA) is 45.5 Å². The van der Waals surface area contributed by atoms with Crippen molar-refractivity contribution in [3.8, 4) is 0 Å². The molecule has 1 saturated heterocycles. The van der Waals surface area contributed by atoms with E-state index in [1.807, 2.05) is 4.90 Å². The van der Waals surface area contributed by atoms with Crippen LogP contribution in [-0.2, 0) is 24.1 Å². The fourth-order valence-corrected chi connectivity index (χ4v) is 3.72. The van der Waals surface area contributed by atoms with Gasteiger partial charge in [-0.25, -0.2) is 0 Å². The van der Waals surface area contributed by atoms with Gasteiger partial charge in [-0.2, -0.15) is 0 Å². The lowest BCUT2D eigenvalue weighted by Gasteiger charge is -2.31. The Morgan fingerprint density at radius 2 is 2.13 bits per heavy atom. The standard InChI is InChI=1S/C18H22N2O2.ClH/c1-12-10-20(6-5-19-12)18(21)9-15-11-22-17-8-14-4-2-3-13(14)7-16(15)17;/h7-8,11-12,19H,2-6,9-10H2,1H3;1H. The van der Waals surface area contributed by atoms with Crippen molar-refractivity contribution in [2.45, 2.75) is 38.6 Å². The minimum atomic E-state index is 0. The molecule has 1 fully saturated rings. The first kappa shape index (κ1) is 16.3. The maximum Gasteiger partial charge on any atom is 0.227 e. The van der Waals surface area contributed by atoms with Crippen LogP contribution in [0.5, 0.6) is 0 Å². The minimum absolute atomic E-state index is 0. The third kappa shape index (κ3) is 3.10. The van der Waals surface area contributed by atoms with E-state index in [9.17, 15) is 4.79 Å². The quantitative estimate of drug-likeness (QED) is 0.918. The van der Waals surface area contributed by atoms with Gasteiger partial charge in [0.25, 0.3) is 0 Å². The van der Waals surface area contributed by atoms with E-state index in [1.165, 1.54) is 17.5 Å². The predicted octanol–water partition coefficient (Wildman–Crippen LogP) is 2.71. The Morgan fingerprint density at radius 3 is 2.91 bits per heavy atom. The molecule has 1 aromatic carbocycles. The Hall–Kier alpha value is -1.52. The van der Waals surface area contributed by atoms with Gasteiger partial charge in [-0.1, -0.05) is 0 Å². The molecule has 2 heterocycles. The number of halogens is 1. The second-order valence-corrected chi connectivity index (χ2v) is 6.60. The summed E-state index contributed by atoms with van der Waals surface area (Å²) >= 11 is 0. The predicted molar refractivity (Wildman–Crippen MR) is 93.2 cm³/mol. The van der Waals surface area contributed by atoms with Crippen molar-refractivity contribution in [1.29, 1.82) is 0 Å². The lowest BCUT2D eigenvalue weighted by molar-refractivity contribution is -0.131. The second-order valence-electron chi connectivity index (χ2n) is 6.60. The monoisotopic (exact) mass is 334 g/mol. The third-order valence-electron chi connectivity index (χ3n) is 4.93. The molecule has 0 spiro atoms. The number of nitrogens with zero attached hydrogens (tertiary/aromatic N) is 1. The molecule has 1 amide bonds. The number of carbonyl (C=O) groups is 1. The molecule has 2 aromatic rings. The van der Waals surface area contributed by atoms with E-state index in [1.54, 1.807) is 6.26 Å². The zero-order valence-corrected chi connectivity index (χ0v) is 14.2. The van der Waals surface area contributed by atoms with Crippen molar-refractivity contribution in [3.05, 3.63) is 35.1 Å². The maximum atomic E-state index is 12.5. The summed E-state index contributed by atoms with van der Waals surface area (Å²) in [5, 5.41) is 4.49. The molecule has 23 heavy (non-hydrogen) atoms. The fraction of sp³-hybridized carbons (Fsp3) is 0.500. The highest BCUT2D eigenvalue weighted by Gasteiger charge is 2.22. The van der Waals surface area contributed by atoms with Gasteiger partial charge in [-0.3, -0.25) is 4.79 Å². The first-order valence-corrected chi connectivity index (χ1v) is 8.24. The molecule has 0 radical (unpaired) electrons. The van der Waals surface area contributed by atoms with E-state index in [4.69, 9.17) is 4.42 Å². The Morgan fingerprint density at radius 1 is 1.35 bits per heavy atom. The Balaban J connectivity index is 0.00000156. The van der Waals surface area contributed by atoms with Gasteiger partial charge in [0, 0.05) is 36.6 Å². The van der Waals surface area contributed by atoms with Crippen LogP contribution in [0.15, 0.2) is 22.8 Å². The number of piperazine rings is 1. The number of hydrogen-bond acceptors (Lipinski definition) is 3. The van der Waals surface area contributed by atoms with E-state index in [0.717, 1.165) is 49.0 Å². The molecule has 4 nitrogen and oxygen atoms in total. The number of carbonyl (C=O) groups excluding carboxylic acids is 1. The Labute approximate surface area is 142 Å². The summed E-state index contributed by atoms with van der Waals surface area (Å²) < 4.78 is 5.70. The molecule has 1 atom stereocenters. The number of furan rings is 1. The Kier molecular flexibility index (Phi) is 4.64. The average molecular weight is 335 g/mol. The summed E-state index contributed by atoms with van der Waals surface area (Å²) in [4.78, 5) is 14.5. The number of hydrogen-bond donors (Lipinski definition) is 1. The molecular formula is C18H23ClN2O2. The van der Waals surface area contributed by atoms with Gasteiger partial charge in [0.15, 0.2) is 0 Å². The molecule has 1 aliphatic heterocycles. The van der Waals surface area contributed by atoms with Gasteiger partial charge in [0.2, 0.25) is 5.91 Å². The zero-order chi connectivity index (χ0) is 15.1. The first-order valence-electron chi connectivity index (χ1n) is 8.24. The highest BCUT2D eigenvalue weighted by atomic mass is 35.5. The molecule has 1 N–H and O–H groups in total. The number of nitrogens with one attached hydrogen (secondary N) is 1. The third-order valence-corrected chi connectivity index (χ3v) is 4.93. The number of fused-ring (bicyclic) bond motifs is 2. The van der Waals surface area contributed by atoms with Crippen LogP contribution < -0.4 is 5.32 Å². The highest BCUT2D eigenvalue weighted by Crippen LogP contribution is 2.30. The number of benzene rings is 1. The zero-order valence-electron chi connectivity index (χ0n) is 13.4. The van der Waals surface area contributed by atoms with Gasteiger partial charge in [0.1, 0.15) is 5.58 Å². The van der Waals surface area contributed by atoms with Crippen LogP contribution in [0.4, 0.5) is 0 Å². The molecule has 5 heteroatoms. The van der Waals surface area contributed by atoms with E-state index in [0.29, 0.717) is 12.5 Å².